The minimum Gasteiger partial charge on any atom is -0.462 e. The van der Waals surface area contributed by atoms with Crippen LogP contribution in [0, 0.1) is 0 Å². The van der Waals surface area contributed by atoms with E-state index in [1.54, 1.807) is 0 Å². The van der Waals surface area contributed by atoms with E-state index in [4.69, 9.17) is 9.47 Å². The van der Waals surface area contributed by atoms with Crippen molar-refractivity contribution in [2.45, 2.75) is 90.6 Å². The summed E-state index contributed by atoms with van der Waals surface area (Å²) in [5, 5.41) is 0.967. The Bertz CT molecular complexity index is 307. The summed E-state index contributed by atoms with van der Waals surface area (Å²) >= 11 is 3.38. The molecule has 0 rings (SSSR count). The molecule has 0 aliphatic carbocycles. The van der Waals surface area contributed by atoms with Crippen LogP contribution in [0.2, 0.25) is 0 Å². The van der Waals surface area contributed by atoms with Crippen LogP contribution in [0.1, 0.15) is 84.5 Å². The summed E-state index contributed by atoms with van der Waals surface area (Å²) in [5.74, 6) is -0.506. The Morgan fingerprint density at radius 1 is 0.957 bits per heavy atom. The molecule has 1 unspecified atom stereocenters. The maximum atomic E-state index is 11.9. The molecule has 0 aromatic rings. The third-order valence-corrected chi connectivity index (χ3v) is 4.23. The van der Waals surface area contributed by atoms with E-state index in [1.807, 2.05) is 0 Å². The average Bonchev–Trinajstić information content (AvgIpc) is 2.52. The number of esters is 2. The second kappa shape index (κ2) is 16.3. The molecule has 0 spiro atoms. The number of alkyl halides is 1. The monoisotopic (exact) mass is 392 g/mol. The fraction of sp³-hybridized carbons (Fsp3) is 0.889. The van der Waals surface area contributed by atoms with Crippen LogP contribution >= 0.6 is 15.9 Å². The molecule has 0 aromatic carbocycles. The average molecular weight is 393 g/mol. The van der Waals surface area contributed by atoms with Crippen molar-refractivity contribution in [1.29, 1.82) is 0 Å². The van der Waals surface area contributed by atoms with Gasteiger partial charge in [-0.15, -0.1) is 0 Å². The first-order chi connectivity index (χ1) is 11.1. The summed E-state index contributed by atoms with van der Waals surface area (Å²) in [4.78, 5) is 22.8. The molecule has 0 N–H and O–H groups in total. The van der Waals surface area contributed by atoms with Crippen molar-refractivity contribution in [2.75, 3.05) is 11.9 Å². The first-order valence-corrected chi connectivity index (χ1v) is 10.1. The number of unbranched alkanes of at least 4 members (excludes halogenated alkanes) is 7. The third kappa shape index (κ3) is 16.1. The zero-order valence-electron chi connectivity index (χ0n) is 14.8. The first-order valence-electron chi connectivity index (χ1n) is 8.99. The van der Waals surface area contributed by atoms with Gasteiger partial charge < -0.3 is 9.47 Å². The molecule has 0 radical (unpaired) electrons. The lowest BCUT2D eigenvalue weighted by molar-refractivity contribution is -0.158. The molecule has 5 heteroatoms. The predicted octanol–water partition coefficient (Wildman–Crippen LogP) is 5.17. The number of hydrogen-bond donors (Lipinski definition) is 0. The summed E-state index contributed by atoms with van der Waals surface area (Å²) in [7, 11) is 0. The molecule has 0 saturated heterocycles. The minimum atomic E-state index is -0.327. The normalized spacial score (nSPS) is 12.0. The summed E-state index contributed by atoms with van der Waals surface area (Å²) in [6, 6.07) is 0. The van der Waals surface area contributed by atoms with Crippen molar-refractivity contribution in [1.82, 2.24) is 0 Å². The number of carbonyl (C=O) groups is 2. The smallest absolute Gasteiger partial charge is 0.306 e. The van der Waals surface area contributed by atoms with Gasteiger partial charge in [-0.1, -0.05) is 61.4 Å². The number of hydrogen-bond acceptors (Lipinski definition) is 4. The van der Waals surface area contributed by atoms with Crippen molar-refractivity contribution in [2.24, 2.45) is 0 Å². The zero-order chi connectivity index (χ0) is 17.3. The van der Waals surface area contributed by atoms with Gasteiger partial charge in [0.15, 0.2) is 0 Å². The summed E-state index contributed by atoms with van der Waals surface area (Å²) in [5.41, 5.74) is 0. The number of rotatable bonds is 15. The quantitative estimate of drug-likeness (QED) is 0.219. The van der Waals surface area contributed by atoms with Crippen molar-refractivity contribution in [3.8, 4) is 0 Å². The van der Waals surface area contributed by atoms with Gasteiger partial charge in [0.25, 0.3) is 0 Å². The van der Waals surface area contributed by atoms with Gasteiger partial charge in [0.2, 0.25) is 0 Å². The Morgan fingerprint density at radius 2 is 1.61 bits per heavy atom. The Kier molecular flexibility index (Phi) is 15.9. The first kappa shape index (κ1) is 22.4. The summed E-state index contributed by atoms with van der Waals surface area (Å²) in [6.07, 6.45) is 11.0. The van der Waals surface area contributed by atoms with E-state index in [0.717, 1.165) is 43.9 Å². The summed E-state index contributed by atoms with van der Waals surface area (Å²) < 4.78 is 10.5. The molecule has 0 heterocycles. The van der Waals surface area contributed by atoms with E-state index in [-0.39, 0.29) is 24.6 Å². The van der Waals surface area contributed by atoms with Crippen LogP contribution in [0.5, 0.6) is 0 Å². The molecule has 0 fully saturated rings. The molecule has 4 nitrogen and oxygen atoms in total. The molecule has 0 amide bonds. The van der Waals surface area contributed by atoms with E-state index >= 15 is 0 Å². The van der Waals surface area contributed by atoms with E-state index in [0.29, 0.717) is 6.42 Å². The standard InChI is InChI=1S/C18H33BrO4/c1-3-4-5-6-7-9-12-17(15-22-16(2)20)23-18(21)13-10-8-11-14-19/h17H,3-15H2,1-2H3. The highest BCUT2D eigenvalue weighted by Crippen LogP contribution is 2.13. The van der Waals surface area contributed by atoms with Crippen LogP contribution in [-0.4, -0.2) is 30.0 Å². The number of carbonyl (C=O) groups excluding carboxylic acids is 2. The molecular weight excluding hydrogens is 360 g/mol. The second-order valence-corrected chi connectivity index (χ2v) is 6.76. The van der Waals surface area contributed by atoms with Crippen LogP contribution in [0.25, 0.3) is 0 Å². The van der Waals surface area contributed by atoms with Crippen molar-refractivity contribution >= 4 is 27.9 Å². The highest BCUT2D eigenvalue weighted by atomic mass is 79.9. The molecule has 0 bridgehead atoms. The minimum absolute atomic E-state index is 0.178. The van der Waals surface area contributed by atoms with Gasteiger partial charge >= 0.3 is 11.9 Å². The van der Waals surface area contributed by atoms with Gasteiger partial charge in [0.1, 0.15) is 12.7 Å². The lowest BCUT2D eigenvalue weighted by atomic mass is 10.1. The maximum absolute atomic E-state index is 11.9. The SMILES string of the molecule is CCCCCCCCC(COC(C)=O)OC(=O)CCCCCBr. The van der Waals surface area contributed by atoms with Crippen molar-refractivity contribution < 1.29 is 19.1 Å². The summed E-state index contributed by atoms with van der Waals surface area (Å²) in [6.45, 7) is 3.76. The van der Waals surface area contributed by atoms with E-state index in [1.165, 1.54) is 32.6 Å². The number of ether oxygens (including phenoxy) is 2. The Balaban J connectivity index is 3.97. The van der Waals surface area contributed by atoms with Crippen molar-refractivity contribution in [3.05, 3.63) is 0 Å². The van der Waals surface area contributed by atoms with Gasteiger partial charge in [-0.25, -0.2) is 0 Å². The lowest BCUT2D eigenvalue weighted by Crippen LogP contribution is -2.24. The highest BCUT2D eigenvalue weighted by Gasteiger charge is 2.15. The Morgan fingerprint density at radius 3 is 2.26 bits per heavy atom. The molecule has 136 valence electrons. The molecule has 0 aliphatic rings. The molecular formula is C18H33BrO4. The molecule has 0 saturated carbocycles. The van der Waals surface area contributed by atoms with Crippen LogP contribution in [0.15, 0.2) is 0 Å². The fourth-order valence-electron chi connectivity index (χ4n) is 2.32. The lowest BCUT2D eigenvalue weighted by Gasteiger charge is -2.17. The molecule has 23 heavy (non-hydrogen) atoms. The van der Waals surface area contributed by atoms with Crippen molar-refractivity contribution in [3.63, 3.8) is 0 Å². The van der Waals surface area contributed by atoms with Gasteiger partial charge in [0.05, 0.1) is 0 Å². The van der Waals surface area contributed by atoms with Gasteiger partial charge in [-0.3, -0.25) is 9.59 Å². The maximum Gasteiger partial charge on any atom is 0.306 e. The molecule has 0 aromatic heterocycles. The van der Waals surface area contributed by atoms with E-state index < -0.39 is 0 Å². The Hall–Kier alpha value is -0.580. The van der Waals surface area contributed by atoms with Gasteiger partial charge in [-0.2, -0.15) is 0 Å². The van der Waals surface area contributed by atoms with E-state index in [2.05, 4.69) is 22.9 Å². The van der Waals surface area contributed by atoms with Crippen LogP contribution in [0.4, 0.5) is 0 Å². The largest absolute Gasteiger partial charge is 0.462 e. The second-order valence-electron chi connectivity index (χ2n) is 5.97. The van der Waals surface area contributed by atoms with Crippen LogP contribution < -0.4 is 0 Å². The van der Waals surface area contributed by atoms with Gasteiger partial charge in [0, 0.05) is 18.7 Å². The molecule has 1 atom stereocenters. The predicted molar refractivity (Wildman–Crippen MR) is 96.8 cm³/mol. The topological polar surface area (TPSA) is 52.6 Å². The van der Waals surface area contributed by atoms with Crippen LogP contribution in [0.3, 0.4) is 0 Å². The molecule has 0 aliphatic heterocycles. The van der Waals surface area contributed by atoms with Gasteiger partial charge in [-0.05, 0) is 25.7 Å². The number of halogens is 1. The Labute approximate surface area is 149 Å². The zero-order valence-corrected chi connectivity index (χ0v) is 16.4. The van der Waals surface area contributed by atoms with Crippen LogP contribution in [-0.2, 0) is 19.1 Å². The fourth-order valence-corrected chi connectivity index (χ4v) is 2.72. The third-order valence-electron chi connectivity index (χ3n) is 3.66. The highest BCUT2D eigenvalue weighted by molar-refractivity contribution is 9.09. The van der Waals surface area contributed by atoms with E-state index in [9.17, 15) is 9.59 Å².